The molecule has 1 fully saturated rings. The van der Waals surface area contributed by atoms with Crippen LogP contribution >= 0.6 is 0 Å². The van der Waals surface area contributed by atoms with Crippen molar-refractivity contribution >= 4 is 12.0 Å². The molecule has 2 aliphatic rings. The number of aliphatic carboxylic acids is 1. The topological polar surface area (TPSA) is 37.3 Å². The molecule has 0 bridgehead atoms. The number of allylic oxidation sites excluding steroid dienone is 1. The zero-order valence-electron chi connectivity index (χ0n) is 14.9. The van der Waals surface area contributed by atoms with Crippen molar-refractivity contribution in [1.82, 2.24) is 0 Å². The van der Waals surface area contributed by atoms with Gasteiger partial charge in [0.2, 0.25) is 0 Å². The molecule has 0 aromatic heterocycles. The molecule has 0 amide bonds. The van der Waals surface area contributed by atoms with Crippen molar-refractivity contribution < 1.29 is 11.3 Å². The van der Waals surface area contributed by atoms with Crippen LogP contribution < -0.4 is 0 Å². The number of hydrogen-bond donors (Lipinski definition) is 1. The Morgan fingerprint density at radius 1 is 1.36 bits per heavy atom. The minimum Gasteiger partial charge on any atom is -0.481 e. The van der Waals surface area contributed by atoms with Crippen molar-refractivity contribution in [3.63, 3.8) is 0 Å². The highest BCUT2D eigenvalue weighted by molar-refractivity contribution is 5.77. The van der Waals surface area contributed by atoms with Crippen LogP contribution in [0.5, 0.6) is 0 Å². The lowest BCUT2D eigenvalue weighted by molar-refractivity contribution is -0.154. The van der Waals surface area contributed by atoms with Crippen LogP contribution in [0.1, 0.15) is 70.9 Å². The summed E-state index contributed by atoms with van der Waals surface area (Å²) in [6, 6.07) is 7.00. The molecule has 118 valence electrons. The first-order chi connectivity index (χ1) is 10.7. The summed E-state index contributed by atoms with van der Waals surface area (Å²) in [5.41, 5.74) is 2.48. The maximum absolute atomic E-state index is 12.0. The molecule has 3 rings (SSSR count). The third-order valence-corrected chi connectivity index (χ3v) is 5.92. The van der Waals surface area contributed by atoms with E-state index in [0.29, 0.717) is 18.4 Å². The molecule has 1 aromatic carbocycles. The Bertz CT molecular complexity index is 691. The summed E-state index contributed by atoms with van der Waals surface area (Å²) in [4.78, 5) is 12.0. The monoisotopic (exact) mass is 299 g/mol. The highest BCUT2D eigenvalue weighted by Gasteiger charge is 2.53. The molecule has 0 radical (unpaired) electrons. The lowest BCUT2D eigenvalue weighted by Gasteiger charge is -2.51. The number of rotatable bonds is 2. The van der Waals surface area contributed by atoms with Gasteiger partial charge in [-0.15, -0.1) is 0 Å². The smallest absolute Gasteiger partial charge is 0.309 e. The van der Waals surface area contributed by atoms with Crippen molar-refractivity contribution in [2.75, 3.05) is 0 Å². The molecule has 1 N–H and O–H groups in total. The Kier molecular flexibility index (Phi) is 3.18. The van der Waals surface area contributed by atoms with Gasteiger partial charge in [0.25, 0.3) is 0 Å². The first kappa shape index (κ1) is 14.0. The zero-order chi connectivity index (χ0) is 17.0. The van der Waals surface area contributed by atoms with Gasteiger partial charge in [0.05, 0.1) is 6.79 Å². The van der Waals surface area contributed by atoms with E-state index in [0.717, 1.165) is 18.4 Å². The van der Waals surface area contributed by atoms with Crippen LogP contribution in [0, 0.1) is 11.3 Å². The molecule has 0 heterocycles. The minimum absolute atomic E-state index is 0.251. The third kappa shape index (κ3) is 2.04. The fourth-order valence-corrected chi connectivity index (χ4v) is 4.46. The summed E-state index contributed by atoms with van der Waals surface area (Å²) in [5.74, 6) is -0.573. The third-order valence-electron chi connectivity index (χ3n) is 5.92. The Morgan fingerprint density at radius 3 is 2.73 bits per heavy atom. The molecule has 1 saturated carbocycles. The molecule has 2 heteroatoms. The van der Waals surface area contributed by atoms with E-state index in [1.54, 1.807) is 0 Å². The number of carbonyl (C=O) groups is 1. The molecule has 1 aromatic rings. The van der Waals surface area contributed by atoms with Gasteiger partial charge < -0.3 is 5.11 Å². The first-order valence-electron chi connectivity index (χ1n) is 8.76. The van der Waals surface area contributed by atoms with Crippen molar-refractivity contribution in [2.24, 2.45) is 11.3 Å². The maximum atomic E-state index is 12.0. The van der Waals surface area contributed by atoms with E-state index >= 15 is 0 Å². The second-order valence-electron chi connectivity index (χ2n) is 7.74. The molecule has 2 nitrogen and oxygen atoms in total. The lowest BCUT2D eigenvalue weighted by Crippen LogP contribution is -2.50. The summed E-state index contributed by atoms with van der Waals surface area (Å²) in [7, 11) is 0. The number of benzene rings is 1. The second kappa shape index (κ2) is 4.97. The van der Waals surface area contributed by atoms with Crippen LogP contribution in [0.15, 0.2) is 24.3 Å². The van der Waals surface area contributed by atoms with Crippen LogP contribution in [0.25, 0.3) is 6.08 Å². The normalized spacial score (nSPS) is 34.5. The Labute approximate surface area is 134 Å². The molecule has 22 heavy (non-hydrogen) atoms. The van der Waals surface area contributed by atoms with Gasteiger partial charge in [-0.2, -0.15) is 0 Å². The van der Waals surface area contributed by atoms with Crippen molar-refractivity contribution in [3.05, 3.63) is 40.9 Å². The standard InChI is InChI=1S/C20H26O2/c1-13(2)14-6-8-16-15(12-14)7-9-17-19(16,3)10-5-11-20(17,4)18(21)22/h6-9,12-13,17H,5,10-11H2,1-4H3,(H,21,22)/t17?,19-,20-/m1/s1/i9D. The Hall–Kier alpha value is -1.57. The van der Waals surface area contributed by atoms with Gasteiger partial charge in [-0.3, -0.25) is 4.79 Å². The molecule has 0 saturated heterocycles. The SMILES string of the molecule is [2H]C1=Cc2cc(C(C)C)ccc2[C@@]2(C)CCC[C@@](C)(C(=O)O)C12. The second-order valence-corrected chi connectivity index (χ2v) is 7.74. The highest BCUT2D eigenvalue weighted by atomic mass is 16.4. The maximum Gasteiger partial charge on any atom is 0.309 e. The van der Waals surface area contributed by atoms with Crippen molar-refractivity contribution in [2.45, 2.75) is 58.3 Å². The van der Waals surface area contributed by atoms with Crippen LogP contribution in [0.3, 0.4) is 0 Å². The Morgan fingerprint density at radius 2 is 2.09 bits per heavy atom. The van der Waals surface area contributed by atoms with Crippen LogP contribution in [0.2, 0.25) is 0 Å². The summed E-state index contributed by atoms with van der Waals surface area (Å²) in [5, 5.41) is 9.82. The molecule has 2 aliphatic carbocycles. The van der Waals surface area contributed by atoms with Crippen LogP contribution in [-0.2, 0) is 10.2 Å². The van der Waals surface area contributed by atoms with E-state index in [1.165, 1.54) is 11.1 Å². The zero-order valence-corrected chi connectivity index (χ0v) is 13.9. The Balaban J connectivity index is 2.19. The van der Waals surface area contributed by atoms with Gasteiger partial charge in [0.1, 0.15) is 0 Å². The first-order valence-corrected chi connectivity index (χ1v) is 8.26. The van der Waals surface area contributed by atoms with E-state index in [1.807, 2.05) is 13.0 Å². The molecule has 0 aliphatic heterocycles. The quantitative estimate of drug-likeness (QED) is 0.835. The molecule has 3 atom stereocenters. The number of hydrogen-bond acceptors (Lipinski definition) is 1. The average Bonchev–Trinajstić information content (AvgIpc) is 2.46. The van der Waals surface area contributed by atoms with E-state index in [-0.39, 0.29) is 11.3 Å². The van der Waals surface area contributed by atoms with Gasteiger partial charge in [0, 0.05) is 11.3 Å². The number of carboxylic acids is 1. The fourth-order valence-electron chi connectivity index (χ4n) is 4.46. The largest absolute Gasteiger partial charge is 0.481 e. The average molecular weight is 299 g/mol. The minimum atomic E-state index is -0.852. The van der Waals surface area contributed by atoms with E-state index in [9.17, 15) is 9.90 Å². The highest BCUT2D eigenvalue weighted by Crippen LogP contribution is 2.56. The van der Waals surface area contributed by atoms with E-state index in [4.69, 9.17) is 1.37 Å². The fraction of sp³-hybridized carbons (Fsp3) is 0.550. The molecule has 1 unspecified atom stereocenters. The van der Waals surface area contributed by atoms with Crippen molar-refractivity contribution in [1.29, 1.82) is 0 Å². The summed E-state index contributed by atoms with van der Waals surface area (Å²) in [6.07, 6.45) is 4.40. The lowest BCUT2D eigenvalue weighted by atomic mass is 9.51. The number of fused-ring (bicyclic) bond motifs is 3. The summed E-state index contributed by atoms with van der Waals surface area (Å²) in [6.45, 7) is 8.33. The predicted molar refractivity (Wildman–Crippen MR) is 90.0 cm³/mol. The summed E-state index contributed by atoms with van der Waals surface area (Å²) >= 11 is 0. The van der Waals surface area contributed by atoms with E-state index in [2.05, 4.69) is 39.0 Å². The van der Waals surface area contributed by atoms with Gasteiger partial charge in [-0.1, -0.05) is 57.5 Å². The van der Waals surface area contributed by atoms with Gasteiger partial charge >= 0.3 is 5.97 Å². The van der Waals surface area contributed by atoms with Gasteiger partial charge in [0.15, 0.2) is 0 Å². The summed E-state index contributed by atoms with van der Waals surface area (Å²) < 4.78 is 8.58. The van der Waals surface area contributed by atoms with Crippen LogP contribution in [0.4, 0.5) is 0 Å². The van der Waals surface area contributed by atoms with Crippen molar-refractivity contribution in [3.8, 4) is 0 Å². The molecule has 0 spiro atoms. The predicted octanol–water partition coefficient (Wildman–Crippen LogP) is 4.99. The van der Waals surface area contributed by atoms with Crippen LogP contribution in [-0.4, -0.2) is 11.1 Å². The number of carboxylic acid groups (broad SMARTS) is 1. The van der Waals surface area contributed by atoms with E-state index < -0.39 is 11.4 Å². The molecular formula is C20H26O2. The molecular weight excluding hydrogens is 272 g/mol. The van der Waals surface area contributed by atoms with Gasteiger partial charge in [-0.05, 0) is 42.4 Å². The van der Waals surface area contributed by atoms with Gasteiger partial charge in [-0.25, -0.2) is 0 Å².